The summed E-state index contributed by atoms with van der Waals surface area (Å²) in [4.78, 5) is 10.7. The van der Waals surface area contributed by atoms with Crippen molar-refractivity contribution in [3.63, 3.8) is 0 Å². The van der Waals surface area contributed by atoms with Crippen LogP contribution >= 0.6 is 0 Å². The van der Waals surface area contributed by atoms with Gasteiger partial charge in [-0.3, -0.25) is 0 Å². The molecule has 0 aromatic carbocycles. The smallest absolute Gasteiger partial charge is 0.389 e. The fourth-order valence-corrected chi connectivity index (χ4v) is 3.09. The van der Waals surface area contributed by atoms with Crippen LogP contribution in [0, 0.1) is 0 Å². The van der Waals surface area contributed by atoms with Crippen LogP contribution in [0.25, 0.3) is 0 Å². The van der Waals surface area contributed by atoms with Crippen molar-refractivity contribution in [1.29, 1.82) is 0 Å². The van der Waals surface area contributed by atoms with Crippen molar-refractivity contribution >= 4 is 16.0 Å². The minimum atomic E-state index is -4.40. The summed E-state index contributed by atoms with van der Waals surface area (Å²) in [5.41, 5.74) is 0. The van der Waals surface area contributed by atoms with Crippen molar-refractivity contribution in [2.45, 2.75) is 25.1 Å². The van der Waals surface area contributed by atoms with Gasteiger partial charge in [0, 0.05) is 13.0 Å². The number of nitrogens with zero attached hydrogens (tertiary/aromatic N) is 1. The number of carboxylic acid groups (broad SMARTS) is 1. The highest BCUT2D eigenvalue weighted by Crippen LogP contribution is 2.22. The summed E-state index contributed by atoms with van der Waals surface area (Å²) in [7, 11) is -3.88. The monoisotopic (exact) mass is 305 g/mol. The highest BCUT2D eigenvalue weighted by molar-refractivity contribution is 7.89. The zero-order valence-corrected chi connectivity index (χ0v) is 10.7. The van der Waals surface area contributed by atoms with Gasteiger partial charge >= 0.3 is 12.1 Å². The van der Waals surface area contributed by atoms with Crippen LogP contribution in [0.5, 0.6) is 0 Å². The second-order valence-corrected chi connectivity index (χ2v) is 6.18. The van der Waals surface area contributed by atoms with E-state index in [-0.39, 0.29) is 19.7 Å². The molecule has 1 unspecified atom stereocenters. The van der Waals surface area contributed by atoms with Gasteiger partial charge in [0.25, 0.3) is 0 Å². The molecule has 1 N–H and O–H groups in total. The van der Waals surface area contributed by atoms with Crippen LogP contribution in [-0.4, -0.2) is 61.5 Å². The molecular formula is C9H14F3NO5S. The van der Waals surface area contributed by atoms with E-state index in [9.17, 15) is 26.4 Å². The molecule has 112 valence electrons. The van der Waals surface area contributed by atoms with Gasteiger partial charge in [0.1, 0.15) is 0 Å². The maximum absolute atomic E-state index is 11.9. The van der Waals surface area contributed by atoms with E-state index in [1.54, 1.807) is 0 Å². The molecule has 0 radical (unpaired) electrons. The van der Waals surface area contributed by atoms with Gasteiger partial charge in [0.15, 0.2) is 6.10 Å². The van der Waals surface area contributed by atoms with Crippen LogP contribution in [0.2, 0.25) is 0 Å². The lowest BCUT2D eigenvalue weighted by molar-refractivity contribution is -0.153. The third kappa shape index (κ3) is 5.33. The second-order valence-electron chi connectivity index (χ2n) is 4.09. The average molecular weight is 305 g/mol. The lowest BCUT2D eigenvalue weighted by Crippen LogP contribution is -2.49. The number of alkyl halides is 3. The molecule has 1 fully saturated rings. The number of ether oxygens (including phenoxy) is 1. The molecule has 6 nitrogen and oxygen atoms in total. The molecule has 1 heterocycles. The predicted octanol–water partition coefficient (Wildman–Crippen LogP) is 0.444. The Labute approximate surface area is 108 Å². The van der Waals surface area contributed by atoms with Crippen molar-refractivity contribution in [3.8, 4) is 0 Å². The van der Waals surface area contributed by atoms with Crippen molar-refractivity contribution in [2.24, 2.45) is 0 Å². The quantitative estimate of drug-likeness (QED) is 0.797. The summed E-state index contributed by atoms with van der Waals surface area (Å²) >= 11 is 0. The summed E-state index contributed by atoms with van der Waals surface area (Å²) in [6, 6.07) is 0. The van der Waals surface area contributed by atoms with Gasteiger partial charge in [-0.15, -0.1) is 0 Å². The molecule has 0 aliphatic carbocycles. The Morgan fingerprint density at radius 2 is 2.05 bits per heavy atom. The van der Waals surface area contributed by atoms with Crippen molar-refractivity contribution in [3.05, 3.63) is 0 Å². The molecule has 19 heavy (non-hydrogen) atoms. The van der Waals surface area contributed by atoms with E-state index in [0.29, 0.717) is 0 Å². The molecule has 0 aromatic rings. The van der Waals surface area contributed by atoms with E-state index in [0.717, 1.165) is 4.31 Å². The van der Waals surface area contributed by atoms with Crippen LogP contribution in [0.1, 0.15) is 12.8 Å². The molecule has 0 amide bonds. The molecule has 0 aromatic heterocycles. The Morgan fingerprint density at radius 1 is 1.42 bits per heavy atom. The van der Waals surface area contributed by atoms with E-state index >= 15 is 0 Å². The number of carboxylic acids is 1. The van der Waals surface area contributed by atoms with Gasteiger partial charge < -0.3 is 9.84 Å². The molecule has 1 saturated heterocycles. The zero-order valence-electron chi connectivity index (χ0n) is 9.89. The maximum atomic E-state index is 11.9. The molecule has 1 aliphatic heterocycles. The van der Waals surface area contributed by atoms with Crippen LogP contribution in [-0.2, 0) is 19.6 Å². The summed E-state index contributed by atoms with van der Waals surface area (Å²) < 4.78 is 65.0. The topological polar surface area (TPSA) is 83.9 Å². The molecule has 0 spiro atoms. The second kappa shape index (κ2) is 6.06. The summed E-state index contributed by atoms with van der Waals surface area (Å²) in [6.07, 6.45) is -7.39. The largest absolute Gasteiger partial charge is 0.479 e. The number of morpholine rings is 1. The molecule has 1 rings (SSSR count). The number of aliphatic carboxylic acids is 1. The van der Waals surface area contributed by atoms with Crippen molar-refractivity contribution in [1.82, 2.24) is 4.31 Å². The Kier molecular flexibility index (Phi) is 5.16. The van der Waals surface area contributed by atoms with Gasteiger partial charge in [0.05, 0.1) is 18.9 Å². The first-order valence-corrected chi connectivity index (χ1v) is 7.12. The maximum Gasteiger partial charge on any atom is 0.389 e. The third-order valence-electron chi connectivity index (χ3n) is 2.56. The first kappa shape index (κ1) is 16.2. The first-order chi connectivity index (χ1) is 8.62. The Hall–Kier alpha value is -0.870. The van der Waals surface area contributed by atoms with Gasteiger partial charge in [-0.25, -0.2) is 13.2 Å². The molecule has 0 bridgehead atoms. The first-order valence-electron chi connectivity index (χ1n) is 5.51. The summed E-state index contributed by atoms with van der Waals surface area (Å²) in [6.45, 7) is -0.503. The molecule has 0 saturated carbocycles. The molecule has 1 aliphatic rings. The average Bonchev–Trinajstić information content (AvgIpc) is 2.27. The highest BCUT2D eigenvalue weighted by Gasteiger charge is 2.34. The Morgan fingerprint density at radius 3 is 2.58 bits per heavy atom. The van der Waals surface area contributed by atoms with Gasteiger partial charge in [0.2, 0.25) is 10.0 Å². The SMILES string of the molecule is O=C(O)C1CN(S(=O)(=O)CCCC(F)(F)F)CCO1. The minimum Gasteiger partial charge on any atom is -0.479 e. The van der Waals surface area contributed by atoms with E-state index in [4.69, 9.17) is 9.84 Å². The van der Waals surface area contributed by atoms with Crippen molar-refractivity contribution in [2.75, 3.05) is 25.4 Å². The van der Waals surface area contributed by atoms with Crippen molar-refractivity contribution < 1.29 is 36.2 Å². The normalized spacial score (nSPS) is 22.4. The minimum absolute atomic E-state index is 0.0435. The Balaban J connectivity index is 2.55. The lowest BCUT2D eigenvalue weighted by Gasteiger charge is -2.30. The summed E-state index contributed by atoms with van der Waals surface area (Å²) in [5, 5.41) is 8.71. The molecular weight excluding hydrogens is 291 g/mol. The third-order valence-corrected chi connectivity index (χ3v) is 4.48. The number of halogens is 3. The van der Waals surface area contributed by atoms with Gasteiger partial charge in [-0.2, -0.15) is 17.5 Å². The number of sulfonamides is 1. The number of hydrogen-bond acceptors (Lipinski definition) is 4. The van der Waals surface area contributed by atoms with Crippen LogP contribution in [0.3, 0.4) is 0 Å². The molecule has 10 heteroatoms. The standard InChI is InChI=1S/C9H14F3NO5S/c10-9(11,12)2-1-5-19(16,17)13-3-4-18-7(6-13)8(14)15/h7H,1-6H2,(H,14,15). The van der Waals surface area contributed by atoms with Crippen LogP contribution in [0.4, 0.5) is 13.2 Å². The fourth-order valence-electron chi connectivity index (χ4n) is 1.61. The van der Waals surface area contributed by atoms with Gasteiger partial charge in [-0.05, 0) is 6.42 Å². The highest BCUT2D eigenvalue weighted by atomic mass is 32.2. The Bertz CT molecular complexity index is 422. The molecule has 1 atom stereocenters. The number of hydrogen-bond donors (Lipinski definition) is 1. The predicted molar refractivity (Wildman–Crippen MR) is 58.0 cm³/mol. The number of carbonyl (C=O) groups is 1. The number of rotatable bonds is 5. The lowest BCUT2D eigenvalue weighted by atomic mass is 10.3. The van der Waals surface area contributed by atoms with Crippen LogP contribution in [0.15, 0.2) is 0 Å². The van der Waals surface area contributed by atoms with Gasteiger partial charge in [-0.1, -0.05) is 0 Å². The van der Waals surface area contributed by atoms with E-state index in [1.165, 1.54) is 0 Å². The van der Waals surface area contributed by atoms with E-state index < -0.39 is 46.9 Å². The zero-order chi connectivity index (χ0) is 14.7. The summed E-state index contributed by atoms with van der Waals surface area (Å²) in [5.74, 6) is -1.95. The van der Waals surface area contributed by atoms with E-state index in [2.05, 4.69) is 0 Å². The van der Waals surface area contributed by atoms with Crippen LogP contribution < -0.4 is 0 Å². The fraction of sp³-hybridized carbons (Fsp3) is 0.889. The van der Waals surface area contributed by atoms with E-state index in [1.807, 2.05) is 0 Å².